The molecule has 0 radical (unpaired) electrons. The van der Waals surface area contributed by atoms with Crippen molar-refractivity contribution in [2.75, 3.05) is 32.4 Å². The van der Waals surface area contributed by atoms with E-state index in [2.05, 4.69) is 10.3 Å². The molecule has 6 heteroatoms. The maximum atomic E-state index is 13.4. The van der Waals surface area contributed by atoms with Gasteiger partial charge in [-0.25, -0.2) is 9.37 Å². The molecule has 3 N–H and O–H groups in total. The number of nitrogen functional groups attached to an aromatic ring is 1. The van der Waals surface area contributed by atoms with Crippen LogP contribution in [0.1, 0.15) is 17.3 Å². The molecule has 0 atom stereocenters. The number of nitrogens with one attached hydrogen (secondary N) is 1. The van der Waals surface area contributed by atoms with E-state index < -0.39 is 11.7 Å². The van der Waals surface area contributed by atoms with Crippen molar-refractivity contribution in [3.63, 3.8) is 0 Å². The summed E-state index contributed by atoms with van der Waals surface area (Å²) in [6.45, 7) is 4.09. The van der Waals surface area contributed by atoms with E-state index in [1.54, 1.807) is 0 Å². The lowest BCUT2D eigenvalue weighted by atomic mass is 10.2. The number of likely N-dealkylation sites (N-methyl/N-ethyl adjacent to an activating group) is 1. The number of aromatic nitrogens is 1. The fourth-order valence-corrected chi connectivity index (χ4v) is 1.25. The first-order valence-corrected chi connectivity index (χ1v) is 5.43. The maximum Gasteiger partial charge on any atom is 0.254 e. The summed E-state index contributed by atoms with van der Waals surface area (Å²) in [5.41, 5.74) is 5.21. The fourth-order valence-electron chi connectivity index (χ4n) is 1.25. The van der Waals surface area contributed by atoms with Crippen molar-refractivity contribution in [1.82, 2.24) is 15.2 Å². The van der Waals surface area contributed by atoms with Gasteiger partial charge < -0.3 is 16.0 Å². The van der Waals surface area contributed by atoms with Gasteiger partial charge in [0.15, 0.2) is 11.6 Å². The number of rotatable bonds is 5. The molecule has 0 saturated heterocycles. The van der Waals surface area contributed by atoms with Crippen molar-refractivity contribution < 1.29 is 9.18 Å². The topological polar surface area (TPSA) is 71.2 Å². The van der Waals surface area contributed by atoms with E-state index in [1.165, 1.54) is 12.3 Å². The molecular weight excluding hydrogens is 223 g/mol. The van der Waals surface area contributed by atoms with Crippen molar-refractivity contribution in [1.29, 1.82) is 0 Å². The van der Waals surface area contributed by atoms with Gasteiger partial charge in [-0.15, -0.1) is 0 Å². The third kappa shape index (κ3) is 3.67. The van der Waals surface area contributed by atoms with E-state index in [0.29, 0.717) is 13.1 Å². The van der Waals surface area contributed by atoms with Crippen molar-refractivity contribution in [2.24, 2.45) is 0 Å². The molecule has 1 heterocycles. The van der Waals surface area contributed by atoms with Crippen LogP contribution in [0.3, 0.4) is 0 Å². The average molecular weight is 240 g/mol. The van der Waals surface area contributed by atoms with E-state index in [4.69, 9.17) is 5.73 Å². The molecule has 0 saturated carbocycles. The molecule has 0 aliphatic carbocycles. The van der Waals surface area contributed by atoms with Crippen LogP contribution < -0.4 is 11.1 Å². The molecule has 0 unspecified atom stereocenters. The second kappa shape index (κ2) is 6.15. The Morgan fingerprint density at radius 3 is 3.00 bits per heavy atom. The number of hydrogen-bond acceptors (Lipinski definition) is 4. The SMILES string of the molecule is CCN(C)CCNC(=O)c1ccnc(N)c1F. The number of hydrogen-bond donors (Lipinski definition) is 2. The average Bonchev–Trinajstić information content (AvgIpc) is 2.32. The number of carbonyl (C=O) groups excluding carboxylic acids is 1. The maximum absolute atomic E-state index is 13.4. The van der Waals surface area contributed by atoms with Crippen LogP contribution in [0.4, 0.5) is 10.2 Å². The molecule has 1 amide bonds. The molecule has 5 nitrogen and oxygen atoms in total. The summed E-state index contributed by atoms with van der Waals surface area (Å²) in [4.78, 5) is 17.2. The zero-order valence-corrected chi connectivity index (χ0v) is 10.0. The number of halogens is 1. The molecule has 0 bridgehead atoms. The number of nitrogens with zero attached hydrogens (tertiary/aromatic N) is 2. The first kappa shape index (κ1) is 13.4. The Hall–Kier alpha value is -1.69. The number of pyridine rings is 1. The van der Waals surface area contributed by atoms with Gasteiger partial charge in [-0.1, -0.05) is 6.92 Å². The van der Waals surface area contributed by atoms with Crippen LogP contribution in [0.15, 0.2) is 12.3 Å². The first-order chi connectivity index (χ1) is 8.06. The zero-order valence-electron chi connectivity index (χ0n) is 10.0. The van der Waals surface area contributed by atoms with E-state index >= 15 is 0 Å². The van der Waals surface area contributed by atoms with Crippen LogP contribution in [0, 0.1) is 5.82 Å². The van der Waals surface area contributed by atoms with Gasteiger partial charge in [0.2, 0.25) is 0 Å². The second-order valence-electron chi connectivity index (χ2n) is 3.71. The Bertz CT molecular complexity index is 397. The Balaban J connectivity index is 2.56. The smallest absolute Gasteiger partial charge is 0.254 e. The highest BCUT2D eigenvalue weighted by molar-refractivity contribution is 5.95. The molecule has 17 heavy (non-hydrogen) atoms. The summed E-state index contributed by atoms with van der Waals surface area (Å²) in [5.74, 6) is -1.50. The molecule has 0 fully saturated rings. The van der Waals surface area contributed by atoms with Crippen molar-refractivity contribution in [2.45, 2.75) is 6.92 Å². The van der Waals surface area contributed by atoms with Gasteiger partial charge in [0.05, 0.1) is 5.56 Å². The molecular formula is C11H17FN4O. The summed E-state index contributed by atoms with van der Waals surface area (Å²) in [7, 11) is 1.94. The number of anilines is 1. The molecule has 0 spiro atoms. The minimum absolute atomic E-state index is 0.0725. The molecule has 0 aliphatic rings. The lowest BCUT2D eigenvalue weighted by molar-refractivity contribution is 0.0946. The van der Waals surface area contributed by atoms with Gasteiger partial charge in [-0.3, -0.25) is 4.79 Å². The zero-order chi connectivity index (χ0) is 12.8. The van der Waals surface area contributed by atoms with Gasteiger partial charge >= 0.3 is 0 Å². The highest BCUT2D eigenvalue weighted by atomic mass is 19.1. The standard InChI is InChI=1S/C11H17FN4O/c1-3-16(2)7-6-15-11(17)8-4-5-14-10(13)9(8)12/h4-5H,3,6-7H2,1-2H3,(H2,13,14)(H,15,17). The van der Waals surface area contributed by atoms with Gasteiger partial charge in [0.1, 0.15) is 0 Å². The lowest BCUT2D eigenvalue weighted by Gasteiger charge is -2.14. The van der Waals surface area contributed by atoms with E-state index in [-0.39, 0.29) is 11.4 Å². The molecule has 94 valence electrons. The Labute approximate surface area is 99.8 Å². The van der Waals surface area contributed by atoms with Crippen LogP contribution in [-0.2, 0) is 0 Å². The van der Waals surface area contributed by atoms with Gasteiger partial charge in [-0.2, -0.15) is 0 Å². The van der Waals surface area contributed by atoms with Crippen LogP contribution in [0.25, 0.3) is 0 Å². The Morgan fingerprint density at radius 2 is 2.35 bits per heavy atom. The fraction of sp³-hybridized carbons (Fsp3) is 0.455. The van der Waals surface area contributed by atoms with Crippen molar-refractivity contribution in [3.05, 3.63) is 23.6 Å². The Kier molecular flexibility index (Phi) is 4.84. The van der Waals surface area contributed by atoms with Crippen LogP contribution in [0.2, 0.25) is 0 Å². The van der Waals surface area contributed by atoms with Crippen molar-refractivity contribution in [3.8, 4) is 0 Å². The third-order valence-electron chi connectivity index (χ3n) is 2.48. The second-order valence-corrected chi connectivity index (χ2v) is 3.71. The number of carbonyl (C=O) groups is 1. The molecule has 1 aromatic rings. The van der Waals surface area contributed by atoms with Crippen molar-refractivity contribution >= 4 is 11.7 Å². The molecule has 0 aromatic carbocycles. The summed E-state index contributed by atoms with van der Waals surface area (Å²) in [5, 5.41) is 2.63. The van der Waals surface area contributed by atoms with E-state index in [0.717, 1.165) is 6.54 Å². The normalized spacial score (nSPS) is 10.6. The lowest BCUT2D eigenvalue weighted by Crippen LogP contribution is -2.33. The number of nitrogens with two attached hydrogens (primary N) is 1. The quantitative estimate of drug-likeness (QED) is 0.785. The number of amides is 1. The summed E-state index contributed by atoms with van der Waals surface area (Å²) < 4.78 is 13.4. The van der Waals surface area contributed by atoms with Gasteiger partial charge in [0, 0.05) is 19.3 Å². The van der Waals surface area contributed by atoms with Crippen LogP contribution in [-0.4, -0.2) is 42.5 Å². The monoisotopic (exact) mass is 240 g/mol. The first-order valence-electron chi connectivity index (χ1n) is 5.43. The van der Waals surface area contributed by atoms with Crippen LogP contribution in [0.5, 0.6) is 0 Å². The molecule has 0 aliphatic heterocycles. The molecule has 1 aromatic heterocycles. The Morgan fingerprint density at radius 1 is 1.65 bits per heavy atom. The third-order valence-corrected chi connectivity index (χ3v) is 2.48. The minimum atomic E-state index is -0.770. The predicted octanol–water partition coefficient (Wildman–Crippen LogP) is 0.484. The van der Waals surface area contributed by atoms with Gasteiger partial charge in [-0.05, 0) is 19.7 Å². The summed E-state index contributed by atoms with van der Waals surface area (Å²) in [6.07, 6.45) is 1.31. The van der Waals surface area contributed by atoms with Crippen LogP contribution >= 0.6 is 0 Å². The van der Waals surface area contributed by atoms with E-state index in [1.807, 2.05) is 18.9 Å². The summed E-state index contributed by atoms with van der Waals surface area (Å²) >= 11 is 0. The van der Waals surface area contributed by atoms with Gasteiger partial charge in [0.25, 0.3) is 5.91 Å². The highest BCUT2D eigenvalue weighted by Crippen LogP contribution is 2.11. The van der Waals surface area contributed by atoms with E-state index in [9.17, 15) is 9.18 Å². The minimum Gasteiger partial charge on any atom is -0.381 e. The summed E-state index contributed by atoms with van der Waals surface area (Å²) in [6, 6.07) is 1.31. The largest absolute Gasteiger partial charge is 0.381 e. The molecule has 1 rings (SSSR count). The predicted molar refractivity (Wildman–Crippen MR) is 64.1 cm³/mol. The highest BCUT2D eigenvalue weighted by Gasteiger charge is 2.13.